The lowest BCUT2D eigenvalue weighted by Crippen LogP contribution is -2.36. The SMILES string of the molecule is COC(=O)Cn1c(CCNC(=O)C(C)(C)C)nc2ccccc21. The van der Waals surface area contributed by atoms with Gasteiger partial charge in [-0.05, 0) is 12.1 Å². The number of amides is 1. The Morgan fingerprint density at radius 3 is 2.61 bits per heavy atom. The van der Waals surface area contributed by atoms with Crippen molar-refractivity contribution in [1.29, 1.82) is 0 Å². The molecule has 124 valence electrons. The van der Waals surface area contributed by atoms with Crippen molar-refractivity contribution in [3.8, 4) is 0 Å². The Bertz CT molecular complexity index is 713. The molecule has 1 aromatic carbocycles. The molecule has 23 heavy (non-hydrogen) atoms. The second-order valence-electron chi connectivity index (χ2n) is 6.43. The van der Waals surface area contributed by atoms with Crippen molar-refractivity contribution in [2.24, 2.45) is 5.41 Å². The van der Waals surface area contributed by atoms with E-state index in [2.05, 4.69) is 10.3 Å². The number of para-hydroxylation sites is 2. The fourth-order valence-electron chi connectivity index (χ4n) is 2.24. The first-order valence-corrected chi connectivity index (χ1v) is 7.62. The normalized spacial score (nSPS) is 11.5. The number of esters is 1. The number of nitrogens with one attached hydrogen (secondary N) is 1. The number of nitrogens with zero attached hydrogens (tertiary/aromatic N) is 2. The third-order valence-corrected chi connectivity index (χ3v) is 3.56. The molecule has 0 atom stereocenters. The fourth-order valence-corrected chi connectivity index (χ4v) is 2.24. The van der Waals surface area contributed by atoms with Crippen molar-refractivity contribution < 1.29 is 14.3 Å². The molecular formula is C17H23N3O3. The van der Waals surface area contributed by atoms with Crippen molar-refractivity contribution in [3.05, 3.63) is 30.1 Å². The van der Waals surface area contributed by atoms with Crippen LogP contribution in [0.2, 0.25) is 0 Å². The zero-order chi connectivity index (χ0) is 17.0. The van der Waals surface area contributed by atoms with Gasteiger partial charge in [0.2, 0.25) is 5.91 Å². The lowest BCUT2D eigenvalue weighted by atomic mass is 9.96. The summed E-state index contributed by atoms with van der Waals surface area (Å²) in [7, 11) is 1.37. The molecule has 2 aromatic rings. The Balaban J connectivity index is 2.17. The van der Waals surface area contributed by atoms with Crippen molar-refractivity contribution in [1.82, 2.24) is 14.9 Å². The number of carbonyl (C=O) groups is 2. The molecule has 0 aliphatic heterocycles. The third kappa shape index (κ3) is 4.09. The van der Waals surface area contributed by atoms with E-state index in [-0.39, 0.29) is 18.4 Å². The van der Waals surface area contributed by atoms with Crippen molar-refractivity contribution >= 4 is 22.9 Å². The second-order valence-corrected chi connectivity index (χ2v) is 6.43. The van der Waals surface area contributed by atoms with Gasteiger partial charge in [-0.1, -0.05) is 32.9 Å². The van der Waals surface area contributed by atoms with Gasteiger partial charge >= 0.3 is 5.97 Å². The number of benzene rings is 1. The third-order valence-electron chi connectivity index (χ3n) is 3.56. The highest BCUT2D eigenvalue weighted by atomic mass is 16.5. The molecule has 1 N–H and O–H groups in total. The molecule has 0 radical (unpaired) electrons. The summed E-state index contributed by atoms with van der Waals surface area (Å²) >= 11 is 0. The molecule has 6 heteroatoms. The van der Waals surface area contributed by atoms with E-state index in [1.165, 1.54) is 7.11 Å². The molecule has 0 spiro atoms. The van der Waals surface area contributed by atoms with Crippen LogP contribution in [0.3, 0.4) is 0 Å². The van der Waals surface area contributed by atoms with Gasteiger partial charge < -0.3 is 14.6 Å². The molecule has 0 saturated carbocycles. The standard InChI is InChI=1S/C17H23N3O3/c1-17(2,3)16(22)18-10-9-14-19-12-7-5-6-8-13(12)20(14)11-15(21)23-4/h5-8H,9-11H2,1-4H3,(H,18,22). The molecule has 1 heterocycles. The molecule has 0 aliphatic rings. The van der Waals surface area contributed by atoms with Gasteiger partial charge in [-0.25, -0.2) is 4.98 Å². The first-order valence-electron chi connectivity index (χ1n) is 7.62. The Hall–Kier alpha value is -2.37. The zero-order valence-electron chi connectivity index (χ0n) is 14.0. The number of hydrogen-bond donors (Lipinski definition) is 1. The summed E-state index contributed by atoms with van der Waals surface area (Å²) in [6.45, 7) is 6.19. The highest BCUT2D eigenvalue weighted by molar-refractivity contribution is 5.81. The van der Waals surface area contributed by atoms with Crippen molar-refractivity contribution in [2.75, 3.05) is 13.7 Å². The van der Waals surface area contributed by atoms with Gasteiger partial charge in [0.05, 0.1) is 18.1 Å². The molecule has 6 nitrogen and oxygen atoms in total. The van der Waals surface area contributed by atoms with Crippen LogP contribution in [0.15, 0.2) is 24.3 Å². The van der Waals surface area contributed by atoms with Crippen LogP contribution < -0.4 is 5.32 Å². The van der Waals surface area contributed by atoms with Gasteiger partial charge in [0, 0.05) is 18.4 Å². The van der Waals surface area contributed by atoms with Gasteiger partial charge in [-0.3, -0.25) is 9.59 Å². The van der Waals surface area contributed by atoms with Gasteiger partial charge in [0.1, 0.15) is 12.4 Å². The monoisotopic (exact) mass is 317 g/mol. The Kier molecular flexibility index (Phi) is 5.03. The van der Waals surface area contributed by atoms with Gasteiger partial charge in [0.25, 0.3) is 0 Å². The summed E-state index contributed by atoms with van der Waals surface area (Å²) in [4.78, 5) is 28.1. The summed E-state index contributed by atoms with van der Waals surface area (Å²) in [5, 5.41) is 2.90. The largest absolute Gasteiger partial charge is 0.468 e. The number of imidazole rings is 1. The highest BCUT2D eigenvalue weighted by Gasteiger charge is 2.21. The average Bonchev–Trinajstić information content (AvgIpc) is 2.84. The summed E-state index contributed by atoms with van der Waals surface area (Å²) < 4.78 is 6.60. The van der Waals surface area contributed by atoms with Gasteiger partial charge in [-0.2, -0.15) is 0 Å². The topological polar surface area (TPSA) is 73.2 Å². The second kappa shape index (κ2) is 6.81. The zero-order valence-corrected chi connectivity index (χ0v) is 14.0. The van der Waals surface area contributed by atoms with E-state index in [1.807, 2.05) is 49.6 Å². The molecule has 0 aliphatic carbocycles. The molecule has 0 saturated heterocycles. The average molecular weight is 317 g/mol. The number of ether oxygens (including phenoxy) is 1. The van der Waals surface area contributed by atoms with Crippen LogP contribution in [0, 0.1) is 5.41 Å². The fraction of sp³-hybridized carbons (Fsp3) is 0.471. The van der Waals surface area contributed by atoms with E-state index >= 15 is 0 Å². The number of hydrogen-bond acceptors (Lipinski definition) is 4. The van der Waals surface area contributed by atoms with Crippen LogP contribution in [0.4, 0.5) is 0 Å². The predicted octanol–water partition coefficient (Wildman–Crippen LogP) is 1.91. The van der Waals surface area contributed by atoms with Crippen LogP contribution in [0.5, 0.6) is 0 Å². The Labute approximate surface area is 135 Å². The number of aromatic nitrogens is 2. The summed E-state index contributed by atoms with van der Waals surface area (Å²) in [6.07, 6.45) is 0.549. The maximum absolute atomic E-state index is 11.9. The molecule has 0 bridgehead atoms. The lowest BCUT2D eigenvalue weighted by molar-refractivity contribution is -0.141. The maximum Gasteiger partial charge on any atom is 0.325 e. The minimum Gasteiger partial charge on any atom is -0.468 e. The minimum absolute atomic E-state index is 0.00636. The van der Waals surface area contributed by atoms with Crippen LogP contribution in [0.1, 0.15) is 26.6 Å². The van der Waals surface area contributed by atoms with Gasteiger partial charge in [0.15, 0.2) is 0 Å². The van der Waals surface area contributed by atoms with E-state index < -0.39 is 5.41 Å². The first kappa shape index (κ1) is 17.0. The van der Waals surface area contributed by atoms with Crippen molar-refractivity contribution in [2.45, 2.75) is 33.7 Å². The van der Waals surface area contributed by atoms with E-state index in [1.54, 1.807) is 0 Å². The summed E-state index contributed by atoms with van der Waals surface area (Å²) in [6, 6.07) is 7.63. The number of methoxy groups -OCH3 is 1. The van der Waals surface area contributed by atoms with Crippen LogP contribution in [-0.4, -0.2) is 35.1 Å². The lowest BCUT2D eigenvalue weighted by Gasteiger charge is -2.17. The minimum atomic E-state index is -0.424. The van der Waals surface area contributed by atoms with E-state index in [4.69, 9.17) is 4.74 Å². The smallest absolute Gasteiger partial charge is 0.325 e. The van der Waals surface area contributed by atoms with E-state index in [9.17, 15) is 9.59 Å². The van der Waals surface area contributed by atoms with Gasteiger partial charge in [-0.15, -0.1) is 0 Å². The van der Waals surface area contributed by atoms with E-state index in [0.717, 1.165) is 16.9 Å². The molecule has 0 unspecified atom stereocenters. The van der Waals surface area contributed by atoms with Crippen molar-refractivity contribution in [3.63, 3.8) is 0 Å². The number of rotatable bonds is 5. The predicted molar refractivity (Wildman–Crippen MR) is 87.9 cm³/mol. The van der Waals surface area contributed by atoms with E-state index in [0.29, 0.717) is 13.0 Å². The number of carbonyl (C=O) groups excluding carboxylic acids is 2. The molecule has 2 rings (SSSR count). The molecule has 1 aromatic heterocycles. The quantitative estimate of drug-likeness (QED) is 0.855. The highest BCUT2D eigenvalue weighted by Crippen LogP contribution is 2.17. The molecule has 0 fully saturated rings. The Morgan fingerprint density at radius 1 is 1.26 bits per heavy atom. The van der Waals surface area contributed by atoms with Crippen LogP contribution >= 0.6 is 0 Å². The summed E-state index contributed by atoms with van der Waals surface area (Å²) in [5.74, 6) is 0.423. The molecular weight excluding hydrogens is 294 g/mol. The first-order chi connectivity index (χ1) is 10.8. The molecule has 1 amide bonds. The number of fused-ring (bicyclic) bond motifs is 1. The Morgan fingerprint density at radius 2 is 1.96 bits per heavy atom. The van der Waals surface area contributed by atoms with Crippen LogP contribution in [0.25, 0.3) is 11.0 Å². The van der Waals surface area contributed by atoms with Crippen LogP contribution in [-0.2, 0) is 27.3 Å². The maximum atomic E-state index is 11.9. The summed E-state index contributed by atoms with van der Waals surface area (Å²) in [5.41, 5.74) is 1.29.